The van der Waals surface area contributed by atoms with E-state index in [1.165, 1.54) is 32.1 Å². The van der Waals surface area contributed by atoms with Gasteiger partial charge in [-0.3, -0.25) is 0 Å². The van der Waals surface area contributed by atoms with Crippen LogP contribution < -0.4 is 11.1 Å². The molecule has 94 valence electrons. The lowest BCUT2D eigenvalue weighted by molar-refractivity contribution is 0.0841. The first-order valence-corrected chi connectivity index (χ1v) is 6.66. The summed E-state index contributed by atoms with van der Waals surface area (Å²) in [7, 11) is 0. The fourth-order valence-electron chi connectivity index (χ4n) is 3.30. The third-order valence-electron chi connectivity index (χ3n) is 4.74. The van der Waals surface area contributed by atoms with Crippen molar-refractivity contribution in [3.05, 3.63) is 0 Å². The Balaban J connectivity index is 1.93. The van der Waals surface area contributed by atoms with Gasteiger partial charge >= 0.3 is 0 Å². The van der Waals surface area contributed by atoms with E-state index in [0.717, 1.165) is 19.7 Å². The molecule has 2 unspecified atom stereocenters. The van der Waals surface area contributed by atoms with Crippen LogP contribution >= 0.6 is 0 Å². The van der Waals surface area contributed by atoms with Gasteiger partial charge < -0.3 is 15.8 Å². The van der Waals surface area contributed by atoms with Gasteiger partial charge in [-0.25, -0.2) is 0 Å². The molecule has 0 bridgehead atoms. The number of nitrogens with one attached hydrogen (secondary N) is 1. The van der Waals surface area contributed by atoms with Gasteiger partial charge in [0, 0.05) is 25.2 Å². The highest BCUT2D eigenvalue weighted by molar-refractivity contribution is 5.06. The summed E-state index contributed by atoms with van der Waals surface area (Å²) in [6, 6.07) is 0. The average Bonchev–Trinajstić information content (AvgIpc) is 2.83. The summed E-state index contributed by atoms with van der Waals surface area (Å²) in [5.74, 6) is 0. The minimum atomic E-state index is 0.138. The molecule has 1 aliphatic heterocycles. The molecule has 2 fully saturated rings. The van der Waals surface area contributed by atoms with Crippen LogP contribution in [0.25, 0.3) is 0 Å². The van der Waals surface area contributed by atoms with Crippen LogP contribution in [0, 0.1) is 5.41 Å². The molecular formula is C13H26N2O. The van der Waals surface area contributed by atoms with Gasteiger partial charge in [0.05, 0.1) is 6.10 Å². The van der Waals surface area contributed by atoms with E-state index in [2.05, 4.69) is 19.2 Å². The molecular weight excluding hydrogens is 200 g/mol. The van der Waals surface area contributed by atoms with Gasteiger partial charge in [-0.1, -0.05) is 20.3 Å². The van der Waals surface area contributed by atoms with Crippen molar-refractivity contribution in [3.63, 3.8) is 0 Å². The molecule has 0 spiro atoms. The van der Waals surface area contributed by atoms with Gasteiger partial charge in [0.15, 0.2) is 0 Å². The molecule has 3 nitrogen and oxygen atoms in total. The zero-order valence-electron chi connectivity index (χ0n) is 10.7. The van der Waals surface area contributed by atoms with Crippen LogP contribution in [-0.4, -0.2) is 31.3 Å². The monoisotopic (exact) mass is 226 g/mol. The first-order chi connectivity index (χ1) is 7.60. The zero-order valence-corrected chi connectivity index (χ0v) is 10.7. The van der Waals surface area contributed by atoms with E-state index in [1.807, 2.05) is 0 Å². The molecule has 0 amide bonds. The van der Waals surface area contributed by atoms with Gasteiger partial charge in [-0.05, 0) is 31.1 Å². The van der Waals surface area contributed by atoms with Gasteiger partial charge in [-0.15, -0.1) is 0 Å². The quantitative estimate of drug-likeness (QED) is 0.766. The molecule has 2 aliphatic rings. The Labute approximate surface area is 99.1 Å². The normalized spacial score (nSPS) is 38.1. The van der Waals surface area contributed by atoms with Crippen molar-refractivity contribution in [2.45, 2.75) is 57.6 Å². The minimum Gasteiger partial charge on any atom is -0.377 e. The predicted molar refractivity (Wildman–Crippen MR) is 66.4 cm³/mol. The Morgan fingerprint density at radius 3 is 2.62 bits per heavy atom. The molecule has 0 radical (unpaired) electrons. The van der Waals surface area contributed by atoms with Crippen molar-refractivity contribution >= 4 is 0 Å². The van der Waals surface area contributed by atoms with E-state index in [1.54, 1.807) is 0 Å². The van der Waals surface area contributed by atoms with Crippen LogP contribution in [0.5, 0.6) is 0 Å². The Hall–Kier alpha value is -0.120. The summed E-state index contributed by atoms with van der Waals surface area (Å²) in [6.45, 7) is 7.34. The summed E-state index contributed by atoms with van der Waals surface area (Å²) >= 11 is 0. The molecule has 2 rings (SSSR count). The number of rotatable bonds is 4. The molecule has 16 heavy (non-hydrogen) atoms. The Kier molecular flexibility index (Phi) is 3.57. The fourth-order valence-corrected chi connectivity index (χ4v) is 3.30. The van der Waals surface area contributed by atoms with Crippen LogP contribution in [0.15, 0.2) is 0 Å². The van der Waals surface area contributed by atoms with Gasteiger partial charge in [0.1, 0.15) is 0 Å². The summed E-state index contributed by atoms with van der Waals surface area (Å²) in [4.78, 5) is 0. The highest BCUT2D eigenvalue weighted by atomic mass is 16.5. The highest BCUT2D eigenvalue weighted by Gasteiger charge is 2.47. The van der Waals surface area contributed by atoms with E-state index in [4.69, 9.17) is 10.5 Å². The van der Waals surface area contributed by atoms with E-state index < -0.39 is 0 Å². The maximum atomic E-state index is 6.03. The van der Waals surface area contributed by atoms with Crippen LogP contribution in [0.2, 0.25) is 0 Å². The second-order valence-electron chi connectivity index (χ2n) is 6.04. The van der Waals surface area contributed by atoms with Gasteiger partial charge in [0.2, 0.25) is 0 Å². The third kappa shape index (κ3) is 2.13. The van der Waals surface area contributed by atoms with E-state index in [0.29, 0.717) is 11.5 Å². The molecule has 0 aromatic heterocycles. The van der Waals surface area contributed by atoms with Gasteiger partial charge in [0.25, 0.3) is 0 Å². The summed E-state index contributed by atoms with van der Waals surface area (Å²) < 4.78 is 5.67. The van der Waals surface area contributed by atoms with Crippen molar-refractivity contribution in [2.75, 3.05) is 19.7 Å². The fraction of sp³-hybridized carbons (Fsp3) is 1.00. The third-order valence-corrected chi connectivity index (χ3v) is 4.74. The Morgan fingerprint density at radius 1 is 1.31 bits per heavy atom. The first kappa shape index (κ1) is 12.3. The smallest absolute Gasteiger partial charge is 0.0700 e. The Morgan fingerprint density at radius 2 is 2.12 bits per heavy atom. The number of hydrogen-bond donors (Lipinski definition) is 2. The van der Waals surface area contributed by atoms with Crippen LogP contribution in [-0.2, 0) is 4.74 Å². The second-order valence-corrected chi connectivity index (χ2v) is 6.04. The predicted octanol–water partition coefficient (Wildman–Crippen LogP) is 1.66. The number of ether oxygens (including phenoxy) is 1. The molecule has 2 atom stereocenters. The van der Waals surface area contributed by atoms with E-state index in [-0.39, 0.29) is 5.54 Å². The molecule has 1 saturated carbocycles. The van der Waals surface area contributed by atoms with Crippen LogP contribution in [0.1, 0.15) is 46.0 Å². The van der Waals surface area contributed by atoms with Crippen LogP contribution in [0.3, 0.4) is 0 Å². The van der Waals surface area contributed by atoms with Crippen molar-refractivity contribution in [3.8, 4) is 0 Å². The molecule has 3 heteroatoms. The lowest BCUT2D eigenvalue weighted by atomic mass is 9.75. The largest absolute Gasteiger partial charge is 0.377 e. The highest BCUT2D eigenvalue weighted by Crippen LogP contribution is 2.45. The lowest BCUT2D eigenvalue weighted by Crippen LogP contribution is -2.59. The van der Waals surface area contributed by atoms with Crippen molar-refractivity contribution < 1.29 is 4.74 Å². The minimum absolute atomic E-state index is 0.138. The second kappa shape index (κ2) is 4.63. The van der Waals surface area contributed by atoms with Crippen molar-refractivity contribution in [1.29, 1.82) is 0 Å². The molecule has 1 saturated heterocycles. The number of nitrogens with two attached hydrogens (primary N) is 1. The zero-order chi connectivity index (χ0) is 11.6. The summed E-state index contributed by atoms with van der Waals surface area (Å²) in [5.41, 5.74) is 6.48. The summed E-state index contributed by atoms with van der Waals surface area (Å²) in [5, 5.41) is 3.73. The SMILES string of the molecule is CC1(C)CCCC1(CN)NCC1CCCO1. The number of hydrogen-bond acceptors (Lipinski definition) is 3. The summed E-state index contributed by atoms with van der Waals surface area (Å²) in [6.07, 6.45) is 6.62. The van der Waals surface area contributed by atoms with Crippen LogP contribution in [0.4, 0.5) is 0 Å². The molecule has 1 heterocycles. The maximum absolute atomic E-state index is 6.03. The molecule has 3 N–H and O–H groups in total. The van der Waals surface area contributed by atoms with Crippen molar-refractivity contribution in [1.82, 2.24) is 5.32 Å². The average molecular weight is 226 g/mol. The van der Waals surface area contributed by atoms with E-state index >= 15 is 0 Å². The van der Waals surface area contributed by atoms with E-state index in [9.17, 15) is 0 Å². The molecule has 1 aliphatic carbocycles. The topological polar surface area (TPSA) is 47.3 Å². The lowest BCUT2D eigenvalue weighted by Gasteiger charge is -2.42. The molecule has 0 aromatic carbocycles. The maximum Gasteiger partial charge on any atom is 0.0700 e. The first-order valence-electron chi connectivity index (χ1n) is 6.66. The van der Waals surface area contributed by atoms with Gasteiger partial charge in [-0.2, -0.15) is 0 Å². The standard InChI is InChI=1S/C13H26N2O/c1-12(2)6-4-7-13(12,10-14)15-9-11-5-3-8-16-11/h11,15H,3-10,14H2,1-2H3. The van der Waals surface area contributed by atoms with Crippen molar-refractivity contribution in [2.24, 2.45) is 11.1 Å². The Bertz CT molecular complexity index is 236. The molecule has 0 aromatic rings.